The highest BCUT2D eigenvalue weighted by Gasteiger charge is 2.23. The number of hydrogen-bond acceptors (Lipinski definition) is 5. The first kappa shape index (κ1) is 23.0. The van der Waals surface area contributed by atoms with E-state index in [2.05, 4.69) is 4.72 Å². The Labute approximate surface area is 194 Å². The van der Waals surface area contributed by atoms with Crippen LogP contribution in [0.15, 0.2) is 101 Å². The van der Waals surface area contributed by atoms with Crippen molar-refractivity contribution >= 4 is 30.9 Å². The number of hydrogen-bond donors (Lipinski definition) is 1. The van der Waals surface area contributed by atoms with Gasteiger partial charge in [-0.25, -0.2) is 13.1 Å². The third kappa shape index (κ3) is 4.93. The summed E-state index contributed by atoms with van der Waals surface area (Å²) in [6.07, 6.45) is 0. The Balaban J connectivity index is 1.71. The number of fused-ring (bicyclic) bond motifs is 1. The number of aryl methyl sites for hydroxylation is 1. The van der Waals surface area contributed by atoms with Crippen LogP contribution in [0.25, 0.3) is 10.8 Å². The van der Waals surface area contributed by atoms with E-state index in [4.69, 9.17) is 4.18 Å². The largest absolute Gasteiger partial charge is 0.378 e. The van der Waals surface area contributed by atoms with Gasteiger partial charge in [-0.15, -0.1) is 0 Å². The molecule has 1 N–H and O–H groups in total. The van der Waals surface area contributed by atoms with Crippen molar-refractivity contribution in [1.82, 2.24) is 4.72 Å². The van der Waals surface area contributed by atoms with Gasteiger partial charge in [-0.05, 0) is 43.7 Å². The zero-order chi connectivity index (χ0) is 23.6. The van der Waals surface area contributed by atoms with Gasteiger partial charge in [0.1, 0.15) is 4.90 Å². The van der Waals surface area contributed by atoms with Crippen molar-refractivity contribution in [2.24, 2.45) is 0 Å². The first-order chi connectivity index (χ1) is 15.7. The molecule has 33 heavy (non-hydrogen) atoms. The van der Waals surface area contributed by atoms with E-state index in [9.17, 15) is 16.8 Å². The van der Waals surface area contributed by atoms with E-state index in [1.807, 2.05) is 37.3 Å². The minimum atomic E-state index is -4.09. The van der Waals surface area contributed by atoms with Crippen LogP contribution in [-0.4, -0.2) is 16.8 Å². The van der Waals surface area contributed by atoms with Crippen LogP contribution in [0.2, 0.25) is 0 Å². The Hall–Kier alpha value is -3.20. The molecule has 0 spiro atoms. The quantitative estimate of drug-likeness (QED) is 0.377. The standard InChI is InChI=1S/C25H23NO5S2/c1-18-14-16-21(17-15-18)33(29,30)31-24-12-6-11-23-22(24)10-7-13-25(23)32(27,28)26-19(2)20-8-4-3-5-9-20/h3-17,19,26H,1-2H3. The van der Waals surface area contributed by atoms with Crippen molar-refractivity contribution in [2.45, 2.75) is 29.7 Å². The van der Waals surface area contributed by atoms with Crippen molar-refractivity contribution < 1.29 is 21.0 Å². The lowest BCUT2D eigenvalue weighted by Crippen LogP contribution is -2.27. The molecular formula is C25H23NO5S2. The van der Waals surface area contributed by atoms with E-state index in [1.54, 1.807) is 43.3 Å². The second-order valence-electron chi connectivity index (χ2n) is 7.71. The predicted octanol–water partition coefficient (Wildman–Crippen LogP) is 4.96. The molecule has 0 aliphatic heterocycles. The summed E-state index contributed by atoms with van der Waals surface area (Å²) in [4.78, 5) is 0.0631. The molecule has 0 aliphatic rings. The third-order valence-electron chi connectivity index (χ3n) is 5.27. The fraction of sp³-hybridized carbons (Fsp3) is 0.120. The molecule has 1 unspecified atom stereocenters. The lowest BCUT2D eigenvalue weighted by molar-refractivity contribution is 0.488. The number of benzene rings is 4. The normalized spacial score (nSPS) is 13.0. The van der Waals surface area contributed by atoms with Crippen LogP contribution < -0.4 is 8.91 Å². The van der Waals surface area contributed by atoms with Crippen LogP contribution >= 0.6 is 0 Å². The number of nitrogens with one attached hydrogen (secondary N) is 1. The maximum absolute atomic E-state index is 13.2. The molecule has 0 fully saturated rings. The summed E-state index contributed by atoms with van der Waals surface area (Å²) < 4.78 is 60.1. The molecule has 0 radical (unpaired) electrons. The van der Waals surface area contributed by atoms with E-state index in [0.717, 1.165) is 11.1 Å². The summed E-state index contributed by atoms with van der Waals surface area (Å²) in [6, 6.07) is 24.5. The van der Waals surface area contributed by atoms with Gasteiger partial charge in [-0.1, -0.05) is 72.3 Å². The van der Waals surface area contributed by atoms with Crippen LogP contribution in [0.1, 0.15) is 24.1 Å². The van der Waals surface area contributed by atoms with E-state index >= 15 is 0 Å². The molecule has 6 nitrogen and oxygen atoms in total. The molecule has 0 saturated heterocycles. The number of rotatable bonds is 7. The lowest BCUT2D eigenvalue weighted by Gasteiger charge is -2.16. The van der Waals surface area contributed by atoms with E-state index in [1.165, 1.54) is 24.3 Å². The SMILES string of the molecule is Cc1ccc(S(=O)(=O)Oc2cccc3c(S(=O)(=O)NC(C)c4ccccc4)cccc23)cc1. The lowest BCUT2D eigenvalue weighted by atomic mass is 10.1. The molecule has 1 atom stereocenters. The monoisotopic (exact) mass is 481 g/mol. The Morgan fingerprint density at radius 3 is 2.06 bits per heavy atom. The number of sulfonamides is 1. The molecule has 0 aromatic heterocycles. The molecule has 0 aliphatic carbocycles. The molecule has 0 amide bonds. The Kier molecular flexibility index (Phi) is 6.25. The van der Waals surface area contributed by atoms with Gasteiger partial charge in [0, 0.05) is 16.8 Å². The van der Waals surface area contributed by atoms with Crippen LogP contribution in [0.5, 0.6) is 5.75 Å². The van der Waals surface area contributed by atoms with Crippen LogP contribution in [0, 0.1) is 6.92 Å². The third-order valence-corrected chi connectivity index (χ3v) is 8.12. The van der Waals surface area contributed by atoms with Crippen molar-refractivity contribution in [3.63, 3.8) is 0 Å². The first-order valence-corrected chi connectivity index (χ1v) is 13.2. The highest BCUT2D eigenvalue weighted by molar-refractivity contribution is 7.89. The van der Waals surface area contributed by atoms with E-state index in [0.29, 0.717) is 10.8 Å². The second kappa shape index (κ2) is 8.97. The molecule has 4 aromatic carbocycles. The van der Waals surface area contributed by atoms with Crippen LogP contribution in [0.3, 0.4) is 0 Å². The van der Waals surface area contributed by atoms with Crippen molar-refractivity contribution in [2.75, 3.05) is 0 Å². The molecular weight excluding hydrogens is 458 g/mol. The summed E-state index contributed by atoms with van der Waals surface area (Å²) in [7, 11) is -8.00. The van der Waals surface area contributed by atoms with Crippen molar-refractivity contribution in [3.05, 3.63) is 102 Å². The molecule has 170 valence electrons. The van der Waals surface area contributed by atoms with Gasteiger partial charge in [0.25, 0.3) is 0 Å². The predicted molar refractivity (Wildman–Crippen MR) is 128 cm³/mol. The maximum atomic E-state index is 13.2. The minimum absolute atomic E-state index is 0.0206. The summed E-state index contributed by atoms with van der Waals surface area (Å²) in [5, 5.41) is 0.741. The van der Waals surface area contributed by atoms with Crippen molar-refractivity contribution in [3.8, 4) is 5.75 Å². The molecule has 4 aromatic rings. The highest BCUT2D eigenvalue weighted by Crippen LogP contribution is 2.32. The van der Waals surface area contributed by atoms with E-state index < -0.39 is 26.2 Å². The van der Waals surface area contributed by atoms with Gasteiger partial charge < -0.3 is 4.18 Å². The minimum Gasteiger partial charge on any atom is -0.378 e. The summed E-state index contributed by atoms with van der Waals surface area (Å²) in [6.45, 7) is 3.62. The zero-order valence-corrected chi connectivity index (χ0v) is 19.7. The molecule has 0 saturated carbocycles. The average molecular weight is 482 g/mol. The van der Waals surface area contributed by atoms with Gasteiger partial charge in [-0.2, -0.15) is 8.42 Å². The smallest absolute Gasteiger partial charge is 0.339 e. The van der Waals surface area contributed by atoms with Crippen LogP contribution in [0.4, 0.5) is 0 Å². The van der Waals surface area contributed by atoms with Gasteiger partial charge in [0.15, 0.2) is 5.75 Å². The Morgan fingerprint density at radius 2 is 1.36 bits per heavy atom. The Bertz CT molecular complexity index is 1500. The molecule has 0 heterocycles. The van der Waals surface area contributed by atoms with Crippen molar-refractivity contribution in [1.29, 1.82) is 0 Å². The Morgan fingerprint density at radius 1 is 0.727 bits per heavy atom. The summed E-state index contributed by atoms with van der Waals surface area (Å²) in [5.41, 5.74) is 1.75. The van der Waals surface area contributed by atoms with Crippen LogP contribution in [-0.2, 0) is 20.1 Å². The van der Waals surface area contributed by atoms with Gasteiger partial charge >= 0.3 is 10.1 Å². The first-order valence-electron chi connectivity index (χ1n) is 10.3. The molecule has 4 rings (SSSR count). The fourth-order valence-corrected chi connectivity index (χ4v) is 5.94. The van der Waals surface area contributed by atoms with Gasteiger partial charge in [0.05, 0.1) is 4.90 Å². The van der Waals surface area contributed by atoms with Gasteiger partial charge in [0.2, 0.25) is 10.0 Å². The van der Waals surface area contributed by atoms with E-state index in [-0.39, 0.29) is 15.5 Å². The second-order valence-corrected chi connectivity index (χ2v) is 10.9. The molecule has 0 bridgehead atoms. The summed E-state index contributed by atoms with van der Waals surface area (Å²) >= 11 is 0. The summed E-state index contributed by atoms with van der Waals surface area (Å²) in [5.74, 6) is 0.0567. The van der Waals surface area contributed by atoms with Gasteiger partial charge in [-0.3, -0.25) is 0 Å². The average Bonchev–Trinajstić information content (AvgIpc) is 2.79. The fourth-order valence-electron chi connectivity index (χ4n) is 3.54. The topological polar surface area (TPSA) is 89.5 Å². The zero-order valence-electron chi connectivity index (χ0n) is 18.1. The highest BCUT2D eigenvalue weighted by atomic mass is 32.2. The molecule has 8 heteroatoms. The maximum Gasteiger partial charge on any atom is 0.339 e.